The summed E-state index contributed by atoms with van der Waals surface area (Å²) in [5, 5.41) is 19.1. The van der Waals surface area contributed by atoms with E-state index in [0.717, 1.165) is 10.4 Å². The molecule has 1 aromatic heterocycles. The Kier molecular flexibility index (Phi) is 3.04. The zero-order chi connectivity index (χ0) is 9.84. The second-order valence-corrected chi connectivity index (χ2v) is 3.75. The maximum absolute atomic E-state index is 10.6. The van der Waals surface area contributed by atoms with E-state index >= 15 is 0 Å². The fourth-order valence-electron chi connectivity index (χ4n) is 0.987. The highest BCUT2D eigenvalue weighted by Crippen LogP contribution is 2.19. The van der Waals surface area contributed by atoms with Gasteiger partial charge in [-0.25, -0.2) is 0 Å². The number of hydrogen-bond acceptors (Lipinski definition) is 3. The molecule has 13 heavy (non-hydrogen) atoms. The third-order valence-corrected chi connectivity index (χ3v) is 2.86. The van der Waals surface area contributed by atoms with Gasteiger partial charge in [-0.1, -0.05) is 0 Å². The monoisotopic (exact) mass is 195 g/mol. The summed E-state index contributed by atoms with van der Waals surface area (Å²) in [6.45, 7) is 1.92. The first-order valence-electron chi connectivity index (χ1n) is 3.80. The second-order valence-electron chi connectivity index (χ2n) is 2.75. The lowest BCUT2D eigenvalue weighted by atomic mass is 10.1. The Morgan fingerprint density at radius 2 is 2.54 bits per heavy atom. The van der Waals surface area contributed by atoms with Crippen LogP contribution in [0.4, 0.5) is 0 Å². The molecular formula is C9H9NO2S. The van der Waals surface area contributed by atoms with Gasteiger partial charge in [-0.15, -0.1) is 11.3 Å². The molecule has 0 spiro atoms. The molecule has 0 aromatic carbocycles. The predicted octanol–water partition coefficient (Wildman–Crippen LogP) is 1.82. The summed E-state index contributed by atoms with van der Waals surface area (Å²) in [5.74, 6) is -1.97. The number of carbonyl (C=O) groups is 1. The fourth-order valence-corrected chi connectivity index (χ4v) is 1.94. The van der Waals surface area contributed by atoms with E-state index in [1.54, 1.807) is 6.07 Å². The molecule has 1 heterocycles. The lowest BCUT2D eigenvalue weighted by Gasteiger charge is -2.01. The summed E-state index contributed by atoms with van der Waals surface area (Å²) in [6.07, 6.45) is 0.315. The molecule has 0 fully saturated rings. The quantitative estimate of drug-likeness (QED) is 0.800. The van der Waals surface area contributed by atoms with Crippen LogP contribution in [0.15, 0.2) is 11.4 Å². The van der Waals surface area contributed by atoms with Crippen molar-refractivity contribution in [2.75, 3.05) is 0 Å². The number of rotatable bonds is 3. The molecule has 0 amide bonds. The zero-order valence-electron chi connectivity index (χ0n) is 7.15. The molecule has 0 saturated carbocycles. The maximum atomic E-state index is 10.6. The van der Waals surface area contributed by atoms with Crippen molar-refractivity contribution >= 4 is 17.3 Å². The molecule has 0 radical (unpaired) electrons. The van der Waals surface area contributed by atoms with Gasteiger partial charge in [0.15, 0.2) is 0 Å². The van der Waals surface area contributed by atoms with Crippen LogP contribution in [-0.4, -0.2) is 11.1 Å². The summed E-state index contributed by atoms with van der Waals surface area (Å²) < 4.78 is 0. The highest BCUT2D eigenvalue weighted by molar-refractivity contribution is 7.10. The number of aryl methyl sites for hydroxylation is 1. The highest BCUT2D eigenvalue weighted by Gasteiger charge is 2.18. The second kappa shape index (κ2) is 4.06. The van der Waals surface area contributed by atoms with Gasteiger partial charge in [0.05, 0.1) is 6.07 Å². The zero-order valence-corrected chi connectivity index (χ0v) is 7.97. The first-order valence-corrected chi connectivity index (χ1v) is 4.68. The number of nitriles is 1. The van der Waals surface area contributed by atoms with Crippen LogP contribution in [0.2, 0.25) is 0 Å². The molecular weight excluding hydrogens is 186 g/mol. The van der Waals surface area contributed by atoms with Crippen LogP contribution in [0.1, 0.15) is 10.4 Å². The van der Waals surface area contributed by atoms with Crippen molar-refractivity contribution in [2.45, 2.75) is 13.3 Å². The molecule has 0 aliphatic rings. The number of hydrogen-bond donors (Lipinski definition) is 1. The van der Waals surface area contributed by atoms with Gasteiger partial charge in [0, 0.05) is 11.3 Å². The lowest BCUT2D eigenvalue weighted by molar-refractivity contribution is -0.139. The fraction of sp³-hybridized carbons (Fsp3) is 0.333. The molecule has 0 saturated heterocycles. The van der Waals surface area contributed by atoms with Gasteiger partial charge in [0.25, 0.3) is 0 Å². The van der Waals surface area contributed by atoms with Gasteiger partial charge in [-0.2, -0.15) is 5.26 Å². The molecule has 0 unspecified atom stereocenters. The van der Waals surface area contributed by atoms with Crippen LogP contribution in [0.25, 0.3) is 0 Å². The highest BCUT2D eigenvalue weighted by atomic mass is 32.1. The topological polar surface area (TPSA) is 61.1 Å². The Morgan fingerprint density at radius 3 is 2.92 bits per heavy atom. The normalized spacial score (nSPS) is 12.0. The van der Waals surface area contributed by atoms with Gasteiger partial charge >= 0.3 is 5.97 Å². The summed E-state index contributed by atoms with van der Waals surface area (Å²) in [5.41, 5.74) is 1.06. The minimum Gasteiger partial charge on any atom is -0.480 e. The average molecular weight is 195 g/mol. The standard InChI is InChI=1S/C9H9NO2S/c1-6-2-3-13-8(6)4-7(5-10)9(11)12/h2-3,7H,4H2,1H3,(H,11,12)/t7-/m1/s1. The van der Waals surface area contributed by atoms with Crippen LogP contribution < -0.4 is 0 Å². The van der Waals surface area contributed by atoms with E-state index in [2.05, 4.69) is 0 Å². The van der Waals surface area contributed by atoms with Gasteiger partial charge in [0.2, 0.25) is 0 Å². The van der Waals surface area contributed by atoms with E-state index in [-0.39, 0.29) is 0 Å². The first kappa shape index (κ1) is 9.75. The van der Waals surface area contributed by atoms with E-state index in [1.807, 2.05) is 18.4 Å². The van der Waals surface area contributed by atoms with Crippen molar-refractivity contribution in [3.8, 4) is 6.07 Å². The molecule has 1 N–H and O–H groups in total. The molecule has 1 rings (SSSR count). The maximum Gasteiger partial charge on any atom is 0.321 e. The third-order valence-electron chi connectivity index (χ3n) is 1.81. The molecule has 1 aromatic rings. The molecule has 1 atom stereocenters. The van der Waals surface area contributed by atoms with Crippen LogP contribution in [-0.2, 0) is 11.2 Å². The number of thiophene rings is 1. The minimum absolute atomic E-state index is 0.315. The minimum atomic E-state index is -1.05. The smallest absolute Gasteiger partial charge is 0.321 e. The van der Waals surface area contributed by atoms with Gasteiger partial charge in [0.1, 0.15) is 5.92 Å². The Labute approximate surface area is 80.2 Å². The molecule has 0 bridgehead atoms. The van der Waals surface area contributed by atoms with E-state index < -0.39 is 11.9 Å². The van der Waals surface area contributed by atoms with Crippen molar-refractivity contribution in [3.05, 3.63) is 21.9 Å². The average Bonchev–Trinajstić information content (AvgIpc) is 2.46. The number of carboxylic acids is 1. The van der Waals surface area contributed by atoms with E-state index in [1.165, 1.54) is 11.3 Å². The Bertz CT molecular complexity index is 351. The summed E-state index contributed by atoms with van der Waals surface area (Å²) >= 11 is 1.50. The van der Waals surface area contributed by atoms with Crippen molar-refractivity contribution < 1.29 is 9.90 Å². The van der Waals surface area contributed by atoms with Crippen molar-refractivity contribution in [2.24, 2.45) is 5.92 Å². The van der Waals surface area contributed by atoms with Crippen molar-refractivity contribution in [1.29, 1.82) is 5.26 Å². The largest absolute Gasteiger partial charge is 0.480 e. The van der Waals surface area contributed by atoms with Crippen molar-refractivity contribution in [1.82, 2.24) is 0 Å². The summed E-state index contributed by atoms with van der Waals surface area (Å²) in [4.78, 5) is 11.5. The SMILES string of the molecule is Cc1ccsc1C[C@H](C#N)C(=O)O. The number of nitrogens with zero attached hydrogens (tertiary/aromatic N) is 1. The van der Waals surface area contributed by atoms with E-state index in [9.17, 15) is 4.79 Å². The molecule has 3 nitrogen and oxygen atoms in total. The van der Waals surface area contributed by atoms with E-state index in [4.69, 9.17) is 10.4 Å². The summed E-state index contributed by atoms with van der Waals surface area (Å²) in [6, 6.07) is 3.70. The van der Waals surface area contributed by atoms with E-state index in [0.29, 0.717) is 6.42 Å². The lowest BCUT2D eigenvalue weighted by Crippen LogP contribution is -2.13. The van der Waals surface area contributed by atoms with Gasteiger partial charge in [-0.3, -0.25) is 4.79 Å². The van der Waals surface area contributed by atoms with Gasteiger partial charge in [-0.05, 0) is 23.9 Å². The number of aliphatic carboxylic acids is 1. The summed E-state index contributed by atoms with van der Waals surface area (Å²) in [7, 11) is 0. The Balaban J connectivity index is 2.74. The third kappa shape index (κ3) is 2.30. The number of carboxylic acid groups (broad SMARTS) is 1. The molecule has 68 valence electrons. The van der Waals surface area contributed by atoms with Gasteiger partial charge < -0.3 is 5.11 Å². The van der Waals surface area contributed by atoms with Crippen molar-refractivity contribution in [3.63, 3.8) is 0 Å². The van der Waals surface area contributed by atoms with Crippen LogP contribution in [0.3, 0.4) is 0 Å². The molecule has 0 aliphatic carbocycles. The van der Waals surface area contributed by atoms with Crippen LogP contribution in [0.5, 0.6) is 0 Å². The Morgan fingerprint density at radius 1 is 1.85 bits per heavy atom. The molecule has 0 aliphatic heterocycles. The Hall–Kier alpha value is -1.34. The van der Waals surface area contributed by atoms with Crippen LogP contribution >= 0.6 is 11.3 Å². The first-order chi connectivity index (χ1) is 6.15. The molecule has 4 heteroatoms. The predicted molar refractivity (Wildman–Crippen MR) is 49.5 cm³/mol. The van der Waals surface area contributed by atoms with Crippen LogP contribution in [0, 0.1) is 24.2 Å².